The molecule has 1 saturated heterocycles. The summed E-state index contributed by atoms with van der Waals surface area (Å²) in [7, 11) is 0. The number of likely N-dealkylation sites (tertiary alicyclic amines) is 1. The third-order valence-corrected chi connectivity index (χ3v) is 5.43. The number of rotatable bonds is 5. The van der Waals surface area contributed by atoms with Gasteiger partial charge in [-0.1, -0.05) is 18.2 Å². The predicted octanol–water partition coefficient (Wildman–Crippen LogP) is 2.88. The van der Waals surface area contributed by atoms with Gasteiger partial charge in [0.2, 0.25) is 5.91 Å². The van der Waals surface area contributed by atoms with E-state index in [2.05, 4.69) is 15.2 Å². The first kappa shape index (κ1) is 17.2. The third-order valence-electron chi connectivity index (χ3n) is 5.43. The second-order valence-corrected chi connectivity index (χ2v) is 7.25. The van der Waals surface area contributed by atoms with Gasteiger partial charge in [-0.15, -0.1) is 0 Å². The normalized spacial score (nSPS) is 20.1. The van der Waals surface area contributed by atoms with Crippen LogP contribution in [0.25, 0.3) is 0 Å². The molecule has 1 aromatic heterocycles. The number of amides is 1. The molecule has 2 aliphatic rings. The van der Waals surface area contributed by atoms with E-state index in [4.69, 9.17) is 4.98 Å². The van der Waals surface area contributed by atoms with Crippen molar-refractivity contribution in [3.63, 3.8) is 0 Å². The van der Waals surface area contributed by atoms with Crippen molar-refractivity contribution < 1.29 is 9.18 Å². The van der Waals surface area contributed by atoms with E-state index in [-0.39, 0.29) is 24.3 Å². The number of benzene rings is 1. The smallest absolute Gasteiger partial charge is 0.234 e. The number of nitrogens with one attached hydrogen (secondary N) is 2. The van der Waals surface area contributed by atoms with Gasteiger partial charge in [0.1, 0.15) is 11.6 Å². The summed E-state index contributed by atoms with van der Waals surface area (Å²) in [5, 5.41) is 2.84. The molecule has 4 rings (SSSR count). The molecule has 6 heteroatoms. The average molecular weight is 356 g/mol. The molecular formula is C20H25FN4O. The highest BCUT2D eigenvalue weighted by Crippen LogP contribution is 2.31. The predicted molar refractivity (Wildman–Crippen MR) is 97.0 cm³/mol. The van der Waals surface area contributed by atoms with Crippen molar-refractivity contribution in [3.8, 4) is 0 Å². The number of nitrogens with zero attached hydrogens (tertiary/aromatic N) is 2. The summed E-state index contributed by atoms with van der Waals surface area (Å²) in [4.78, 5) is 22.9. The van der Waals surface area contributed by atoms with Gasteiger partial charge in [0.25, 0.3) is 0 Å². The molecule has 1 aliphatic carbocycles. The van der Waals surface area contributed by atoms with Gasteiger partial charge in [0.15, 0.2) is 0 Å². The van der Waals surface area contributed by atoms with Crippen molar-refractivity contribution in [2.45, 2.75) is 51.1 Å². The molecule has 0 saturated carbocycles. The summed E-state index contributed by atoms with van der Waals surface area (Å²) >= 11 is 0. The maximum absolute atomic E-state index is 13.7. The molecule has 0 unspecified atom stereocenters. The SMILES string of the molecule is O=C(CN1CCC[C@H]1c1nc2c([nH]1)CCCC2)NCc1ccccc1F. The Hall–Kier alpha value is -2.21. The van der Waals surface area contributed by atoms with Crippen LogP contribution in [0.2, 0.25) is 0 Å². The lowest BCUT2D eigenvalue weighted by atomic mass is 10.0. The number of fused-ring (bicyclic) bond motifs is 1. The first-order valence-electron chi connectivity index (χ1n) is 9.52. The molecule has 1 aliphatic heterocycles. The van der Waals surface area contributed by atoms with Gasteiger partial charge in [-0.2, -0.15) is 0 Å². The minimum absolute atomic E-state index is 0.0727. The Kier molecular flexibility index (Phi) is 5.02. The van der Waals surface area contributed by atoms with Gasteiger partial charge in [-0.25, -0.2) is 9.37 Å². The van der Waals surface area contributed by atoms with E-state index < -0.39 is 0 Å². The van der Waals surface area contributed by atoms with Crippen molar-refractivity contribution in [1.29, 1.82) is 0 Å². The highest BCUT2D eigenvalue weighted by Gasteiger charge is 2.30. The molecule has 0 bridgehead atoms. The summed E-state index contributed by atoms with van der Waals surface area (Å²) in [6.45, 7) is 1.44. The lowest BCUT2D eigenvalue weighted by Gasteiger charge is -2.22. The van der Waals surface area contributed by atoms with Crippen molar-refractivity contribution >= 4 is 5.91 Å². The van der Waals surface area contributed by atoms with Crippen molar-refractivity contribution in [2.24, 2.45) is 0 Å². The molecule has 1 amide bonds. The van der Waals surface area contributed by atoms with Crippen molar-refractivity contribution in [2.75, 3.05) is 13.1 Å². The van der Waals surface area contributed by atoms with E-state index in [1.54, 1.807) is 18.2 Å². The van der Waals surface area contributed by atoms with E-state index in [1.165, 1.54) is 30.3 Å². The Labute approximate surface area is 153 Å². The van der Waals surface area contributed by atoms with Crippen LogP contribution in [0, 0.1) is 5.82 Å². The summed E-state index contributed by atoms with van der Waals surface area (Å²) < 4.78 is 13.7. The van der Waals surface area contributed by atoms with Crippen LogP contribution in [0.5, 0.6) is 0 Å². The van der Waals surface area contributed by atoms with E-state index in [0.29, 0.717) is 12.1 Å². The number of carbonyl (C=O) groups is 1. The monoisotopic (exact) mass is 356 g/mol. The molecule has 2 N–H and O–H groups in total. The minimum atomic E-state index is -0.284. The lowest BCUT2D eigenvalue weighted by Crippen LogP contribution is -2.37. The number of halogens is 1. The summed E-state index contributed by atoms with van der Waals surface area (Å²) in [6.07, 6.45) is 6.66. The van der Waals surface area contributed by atoms with Crippen LogP contribution in [-0.2, 0) is 24.2 Å². The molecule has 138 valence electrons. The molecule has 1 aromatic carbocycles. The highest BCUT2D eigenvalue weighted by atomic mass is 19.1. The average Bonchev–Trinajstić information content (AvgIpc) is 3.27. The number of hydrogen-bond acceptors (Lipinski definition) is 3. The number of aryl methyl sites for hydroxylation is 2. The molecular weight excluding hydrogens is 331 g/mol. The van der Waals surface area contributed by atoms with E-state index in [0.717, 1.165) is 38.1 Å². The molecule has 2 aromatic rings. The zero-order valence-electron chi connectivity index (χ0n) is 14.9. The standard InChI is InChI=1S/C20H25FN4O/c21-15-7-2-1-6-14(15)12-22-19(26)13-25-11-5-10-18(25)20-23-16-8-3-4-9-17(16)24-20/h1-2,6-7,18H,3-5,8-13H2,(H,22,26)(H,23,24)/t18-/m0/s1. The third kappa shape index (κ3) is 3.65. The second-order valence-electron chi connectivity index (χ2n) is 7.25. The van der Waals surface area contributed by atoms with Gasteiger partial charge >= 0.3 is 0 Å². The first-order chi connectivity index (χ1) is 12.7. The molecule has 1 atom stereocenters. The lowest BCUT2D eigenvalue weighted by molar-refractivity contribution is -0.122. The van der Waals surface area contributed by atoms with Gasteiger partial charge in [-0.3, -0.25) is 9.69 Å². The fourth-order valence-corrected chi connectivity index (χ4v) is 4.03. The molecule has 26 heavy (non-hydrogen) atoms. The Balaban J connectivity index is 1.37. The topological polar surface area (TPSA) is 61.0 Å². The van der Waals surface area contributed by atoms with E-state index in [1.807, 2.05) is 0 Å². The largest absolute Gasteiger partial charge is 0.351 e. The van der Waals surface area contributed by atoms with Gasteiger partial charge < -0.3 is 10.3 Å². The van der Waals surface area contributed by atoms with E-state index >= 15 is 0 Å². The van der Waals surface area contributed by atoms with Crippen LogP contribution in [0.15, 0.2) is 24.3 Å². The van der Waals surface area contributed by atoms with Gasteiger partial charge in [0, 0.05) is 17.8 Å². The molecule has 0 spiro atoms. The quantitative estimate of drug-likeness (QED) is 0.866. The highest BCUT2D eigenvalue weighted by molar-refractivity contribution is 5.78. The number of hydrogen-bond donors (Lipinski definition) is 2. The molecule has 1 fully saturated rings. The van der Waals surface area contributed by atoms with E-state index in [9.17, 15) is 9.18 Å². The van der Waals surface area contributed by atoms with Crippen LogP contribution >= 0.6 is 0 Å². The fourth-order valence-electron chi connectivity index (χ4n) is 4.03. The van der Waals surface area contributed by atoms with Crippen LogP contribution in [0.4, 0.5) is 4.39 Å². The molecule has 0 radical (unpaired) electrons. The number of aromatic amines is 1. The maximum Gasteiger partial charge on any atom is 0.234 e. The molecule has 5 nitrogen and oxygen atoms in total. The number of H-pyrrole nitrogens is 1. The number of carbonyl (C=O) groups excluding carboxylic acids is 1. The van der Waals surface area contributed by atoms with Crippen LogP contribution in [-0.4, -0.2) is 33.9 Å². The van der Waals surface area contributed by atoms with Crippen LogP contribution in [0.3, 0.4) is 0 Å². The Morgan fingerprint density at radius 3 is 2.96 bits per heavy atom. The number of aromatic nitrogens is 2. The summed E-state index contributed by atoms with van der Waals surface area (Å²) in [6, 6.07) is 6.72. The van der Waals surface area contributed by atoms with Gasteiger partial charge in [0.05, 0.1) is 18.3 Å². The zero-order chi connectivity index (χ0) is 17.9. The Morgan fingerprint density at radius 1 is 1.27 bits per heavy atom. The maximum atomic E-state index is 13.7. The Bertz CT molecular complexity index is 764. The number of imidazole rings is 1. The fraction of sp³-hybridized carbons (Fsp3) is 0.500. The van der Waals surface area contributed by atoms with Crippen molar-refractivity contribution in [3.05, 3.63) is 52.9 Å². The van der Waals surface area contributed by atoms with Gasteiger partial charge in [-0.05, 0) is 51.1 Å². The summed E-state index contributed by atoms with van der Waals surface area (Å²) in [5.41, 5.74) is 3.00. The second kappa shape index (κ2) is 7.58. The van der Waals surface area contributed by atoms with Crippen LogP contribution < -0.4 is 5.32 Å². The van der Waals surface area contributed by atoms with Crippen molar-refractivity contribution in [1.82, 2.24) is 20.2 Å². The Morgan fingerprint density at radius 2 is 2.12 bits per heavy atom. The van der Waals surface area contributed by atoms with Crippen LogP contribution in [0.1, 0.15) is 54.5 Å². The summed E-state index contributed by atoms with van der Waals surface area (Å²) in [5.74, 6) is 0.654. The first-order valence-corrected chi connectivity index (χ1v) is 9.52. The zero-order valence-corrected chi connectivity index (χ0v) is 14.9. The molecule has 2 heterocycles. The minimum Gasteiger partial charge on any atom is -0.351 e.